The SMILES string of the molecule is CC1CCC(Oc2ccnc(NN)n2)CC1C. The first-order valence-corrected chi connectivity index (χ1v) is 6.15. The number of ether oxygens (including phenoxy) is 1. The van der Waals surface area contributed by atoms with Crippen LogP contribution in [0, 0.1) is 11.8 Å². The van der Waals surface area contributed by atoms with Gasteiger partial charge in [0.25, 0.3) is 0 Å². The van der Waals surface area contributed by atoms with Crippen molar-refractivity contribution in [3.63, 3.8) is 0 Å². The predicted molar refractivity (Wildman–Crippen MR) is 66.4 cm³/mol. The van der Waals surface area contributed by atoms with Crippen molar-refractivity contribution in [1.29, 1.82) is 0 Å². The van der Waals surface area contributed by atoms with E-state index in [1.54, 1.807) is 12.3 Å². The molecule has 1 aromatic heterocycles. The largest absolute Gasteiger partial charge is 0.474 e. The van der Waals surface area contributed by atoms with Gasteiger partial charge in [-0.15, -0.1) is 0 Å². The van der Waals surface area contributed by atoms with Crippen LogP contribution in [0.4, 0.5) is 5.95 Å². The van der Waals surface area contributed by atoms with E-state index in [1.165, 1.54) is 6.42 Å². The molecule has 1 aliphatic carbocycles. The molecule has 5 nitrogen and oxygen atoms in total. The number of nitrogen functional groups attached to an aromatic ring is 1. The van der Waals surface area contributed by atoms with Crippen molar-refractivity contribution >= 4 is 5.95 Å². The van der Waals surface area contributed by atoms with Gasteiger partial charge in [-0.25, -0.2) is 10.8 Å². The predicted octanol–water partition coefficient (Wildman–Crippen LogP) is 1.97. The van der Waals surface area contributed by atoms with Gasteiger partial charge in [0.2, 0.25) is 11.8 Å². The highest BCUT2D eigenvalue weighted by molar-refractivity contribution is 5.25. The maximum atomic E-state index is 5.87. The summed E-state index contributed by atoms with van der Waals surface area (Å²) >= 11 is 0. The highest BCUT2D eigenvalue weighted by Gasteiger charge is 2.25. The van der Waals surface area contributed by atoms with Gasteiger partial charge in [-0.3, -0.25) is 5.43 Å². The van der Waals surface area contributed by atoms with Crippen LogP contribution in [0.25, 0.3) is 0 Å². The number of hydrazine groups is 1. The molecule has 0 amide bonds. The molecule has 0 aliphatic heterocycles. The van der Waals surface area contributed by atoms with E-state index < -0.39 is 0 Å². The number of nitrogens with zero attached hydrogens (tertiary/aromatic N) is 2. The van der Waals surface area contributed by atoms with Crippen LogP contribution in [0.3, 0.4) is 0 Å². The second kappa shape index (κ2) is 5.31. The number of rotatable bonds is 3. The maximum absolute atomic E-state index is 5.87. The normalized spacial score (nSPS) is 28.8. The zero-order valence-corrected chi connectivity index (χ0v) is 10.4. The number of hydrogen-bond donors (Lipinski definition) is 2. The number of nitrogens with one attached hydrogen (secondary N) is 1. The van der Waals surface area contributed by atoms with E-state index in [1.807, 2.05) is 0 Å². The Kier molecular flexibility index (Phi) is 3.78. The van der Waals surface area contributed by atoms with Crippen molar-refractivity contribution in [3.05, 3.63) is 12.3 Å². The van der Waals surface area contributed by atoms with Gasteiger partial charge < -0.3 is 4.74 Å². The van der Waals surface area contributed by atoms with E-state index in [0.29, 0.717) is 17.7 Å². The quantitative estimate of drug-likeness (QED) is 0.620. The molecule has 0 bridgehead atoms. The molecule has 0 spiro atoms. The summed E-state index contributed by atoms with van der Waals surface area (Å²) in [4.78, 5) is 8.11. The molecular weight excluding hydrogens is 216 g/mol. The average molecular weight is 236 g/mol. The summed E-state index contributed by atoms with van der Waals surface area (Å²) in [6, 6.07) is 1.77. The minimum atomic E-state index is 0.265. The first kappa shape index (κ1) is 12.1. The van der Waals surface area contributed by atoms with Crippen molar-refractivity contribution < 1.29 is 4.74 Å². The highest BCUT2D eigenvalue weighted by atomic mass is 16.5. The average Bonchev–Trinajstić information content (AvgIpc) is 2.34. The molecule has 2 rings (SSSR count). The lowest BCUT2D eigenvalue weighted by atomic mass is 9.80. The zero-order chi connectivity index (χ0) is 12.3. The molecule has 1 aromatic rings. The Labute approximate surface area is 102 Å². The third-order valence-electron chi connectivity index (χ3n) is 3.60. The van der Waals surface area contributed by atoms with Crippen LogP contribution in [0.1, 0.15) is 33.1 Å². The van der Waals surface area contributed by atoms with Crippen LogP contribution in [0.5, 0.6) is 5.88 Å². The van der Waals surface area contributed by atoms with Crippen LogP contribution >= 0.6 is 0 Å². The minimum absolute atomic E-state index is 0.265. The molecule has 3 unspecified atom stereocenters. The molecule has 0 aromatic carbocycles. The standard InChI is InChI=1S/C12H20N4O/c1-8-3-4-10(7-9(8)2)17-11-5-6-14-12(15-11)16-13/h5-6,8-10H,3-4,7,13H2,1-2H3,(H,14,15,16). The van der Waals surface area contributed by atoms with Gasteiger partial charge in [-0.2, -0.15) is 4.98 Å². The van der Waals surface area contributed by atoms with Gasteiger partial charge in [0.15, 0.2) is 0 Å². The molecule has 5 heteroatoms. The summed E-state index contributed by atoms with van der Waals surface area (Å²) in [6.07, 6.45) is 5.32. The van der Waals surface area contributed by atoms with Crippen LogP contribution in [-0.4, -0.2) is 16.1 Å². The summed E-state index contributed by atoms with van der Waals surface area (Å²) in [6.45, 7) is 4.59. The Bertz CT molecular complexity index is 371. The van der Waals surface area contributed by atoms with Crippen LogP contribution in [0.2, 0.25) is 0 Å². The lowest BCUT2D eigenvalue weighted by molar-refractivity contribution is 0.0965. The van der Waals surface area contributed by atoms with Crippen molar-refractivity contribution in [1.82, 2.24) is 9.97 Å². The molecular formula is C12H20N4O. The number of aromatic nitrogens is 2. The van der Waals surface area contributed by atoms with Crippen LogP contribution in [0.15, 0.2) is 12.3 Å². The van der Waals surface area contributed by atoms with E-state index in [4.69, 9.17) is 10.6 Å². The van der Waals surface area contributed by atoms with Crippen molar-refractivity contribution in [2.45, 2.75) is 39.2 Å². The second-order valence-electron chi connectivity index (χ2n) is 4.87. The summed E-state index contributed by atoms with van der Waals surface area (Å²) < 4.78 is 5.87. The third kappa shape index (κ3) is 3.06. The molecule has 0 radical (unpaired) electrons. The van der Waals surface area contributed by atoms with Crippen LogP contribution < -0.4 is 16.0 Å². The number of hydrogen-bond acceptors (Lipinski definition) is 5. The molecule has 1 saturated carbocycles. The minimum Gasteiger partial charge on any atom is -0.474 e. The summed E-state index contributed by atoms with van der Waals surface area (Å²) in [5.41, 5.74) is 2.42. The van der Waals surface area contributed by atoms with Gasteiger partial charge in [-0.1, -0.05) is 13.8 Å². The first-order chi connectivity index (χ1) is 8.19. The molecule has 1 aliphatic rings. The molecule has 17 heavy (non-hydrogen) atoms. The molecule has 0 saturated heterocycles. The molecule has 3 N–H and O–H groups in total. The van der Waals surface area contributed by atoms with E-state index in [2.05, 4.69) is 29.2 Å². The summed E-state index contributed by atoms with van der Waals surface area (Å²) in [7, 11) is 0. The molecule has 1 heterocycles. The number of anilines is 1. The van der Waals surface area contributed by atoms with E-state index in [-0.39, 0.29) is 6.10 Å². The van der Waals surface area contributed by atoms with Gasteiger partial charge in [0.05, 0.1) is 0 Å². The van der Waals surface area contributed by atoms with Gasteiger partial charge in [-0.05, 0) is 31.1 Å². The van der Waals surface area contributed by atoms with Gasteiger partial charge >= 0.3 is 0 Å². The maximum Gasteiger partial charge on any atom is 0.240 e. The third-order valence-corrected chi connectivity index (χ3v) is 3.60. The zero-order valence-electron chi connectivity index (χ0n) is 10.4. The Morgan fingerprint density at radius 1 is 1.35 bits per heavy atom. The fourth-order valence-electron chi connectivity index (χ4n) is 2.25. The van der Waals surface area contributed by atoms with E-state index in [9.17, 15) is 0 Å². The fourth-order valence-corrected chi connectivity index (χ4v) is 2.25. The lowest BCUT2D eigenvalue weighted by Crippen LogP contribution is -2.29. The smallest absolute Gasteiger partial charge is 0.240 e. The topological polar surface area (TPSA) is 73.1 Å². The Morgan fingerprint density at radius 3 is 2.88 bits per heavy atom. The number of nitrogens with two attached hydrogens (primary N) is 1. The molecule has 3 atom stereocenters. The van der Waals surface area contributed by atoms with E-state index >= 15 is 0 Å². The van der Waals surface area contributed by atoms with Crippen molar-refractivity contribution in [2.24, 2.45) is 17.7 Å². The van der Waals surface area contributed by atoms with Crippen LogP contribution in [-0.2, 0) is 0 Å². The Morgan fingerprint density at radius 2 is 2.18 bits per heavy atom. The second-order valence-corrected chi connectivity index (χ2v) is 4.87. The van der Waals surface area contributed by atoms with E-state index in [0.717, 1.165) is 18.8 Å². The molecule has 1 fully saturated rings. The van der Waals surface area contributed by atoms with Gasteiger partial charge in [0, 0.05) is 12.3 Å². The van der Waals surface area contributed by atoms with Crippen molar-refractivity contribution in [3.8, 4) is 5.88 Å². The Hall–Kier alpha value is -1.36. The summed E-state index contributed by atoms with van der Waals surface area (Å²) in [5.74, 6) is 7.75. The summed E-state index contributed by atoms with van der Waals surface area (Å²) in [5, 5.41) is 0. The first-order valence-electron chi connectivity index (χ1n) is 6.15. The Balaban J connectivity index is 1.96. The van der Waals surface area contributed by atoms with Crippen molar-refractivity contribution in [2.75, 3.05) is 5.43 Å². The molecule has 94 valence electrons. The fraction of sp³-hybridized carbons (Fsp3) is 0.667. The monoisotopic (exact) mass is 236 g/mol. The lowest BCUT2D eigenvalue weighted by Gasteiger charge is -2.31. The highest BCUT2D eigenvalue weighted by Crippen LogP contribution is 2.31. The van der Waals surface area contributed by atoms with Gasteiger partial charge in [0.1, 0.15) is 6.10 Å².